The zero-order chi connectivity index (χ0) is 10.7. The molecule has 2 rings (SSSR count). The Hall–Kier alpha value is -1.13. The van der Waals surface area contributed by atoms with Gasteiger partial charge in [0.25, 0.3) is 0 Å². The van der Waals surface area contributed by atoms with Gasteiger partial charge >= 0.3 is 0 Å². The monoisotopic (exact) mass is 225 g/mol. The van der Waals surface area contributed by atoms with E-state index in [-0.39, 0.29) is 5.91 Å². The van der Waals surface area contributed by atoms with E-state index in [1.807, 2.05) is 0 Å². The van der Waals surface area contributed by atoms with Crippen LogP contribution in [0.25, 0.3) is 0 Å². The van der Waals surface area contributed by atoms with E-state index in [1.165, 1.54) is 0 Å². The van der Waals surface area contributed by atoms with E-state index < -0.39 is 0 Å². The number of anilines is 1. The largest absolute Gasteiger partial charge is 0.316 e. The molecule has 0 bridgehead atoms. The van der Waals surface area contributed by atoms with Gasteiger partial charge in [0.2, 0.25) is 5.91 Å². The number of carbonyl (C=O) groups excluding carboxylic acids is 1. The number of amides is 1. The molecule has 1 fully saturated rings. The lowest BCUT2D eigenvalue weighted by atomic mass is 9.99. The molecule has 0 unspecified atom stereocenters. The molecule has 5 heteroatoms. The van der Waals surface area contributed by atoms with Crippen molar-refractivity contribution in [2.45, 2.75) is 6.42 Å². The molecule has 0 radical (unpaired) electrons. The highest BCUT2D eigenvalue weighted by molar-refractivity contribution is 6.30. The lowest BCUT2D eigenvalue weighted by molar-refractivity contribution is -0.117. The summed E-state index contributed by atoms with van der Waals surface area (Å²) in [6, 6.07) is 3.31. The maximum absolute atomic E-state index is 11.5. The summed E-state index contributed by atoms with van der Waals surface area (Å²) >= 11 is 5.77. The minimum Gasteiger partial charge on any atom is -0.316 e. The molecular weight excluding hydrogens is 214 g/mol. The molecule has 1 aliphatic rings. The van der Waals surface area contributed by atoms with Crippen molar-refractivity contribution in [3.8, 4) is 0 Å². The van der Waals surface area contributed by atoms with E-state index in [9.17, 15) is 4.79 Å². The summed E-state index contributed by atoms with van der Waals surface area (Å²) in [4.78, 5) is 15.5. The van der Waals surface area contributed by atoms with E-state index in [4.69, 9.17) is 11.6 Å². The summed E-state index contributed by atoms with van der Waals surface area (Å²) in [6.07, 6.45) is 2.12. The average Bonchev–Trinajstić information content (AvgIpc) is 2.11. The molecule has 2 heterocycles. The fraction of sp³-hybridized carbons (Fsp3) is 0.400. The van der Waals surface area contributed by atoms with E-state index in [0.29, 0.717) is 23.2 Å². The lowest BCUT2D eigenvalue weighted by Gasteiger charge is -2.26. The summed E-state index contributed by atoms with van der Waals surface area (Å²) in [5.41, 5.74) is 0. The van der Waals surface area contributed by atoms with Crippen LogP contribution in [0.2, 0.25) is 5.02 Å². The number of nitrogens with one attached hydrogen (secondary N) is 2. The van der Waals surface area contributed by atoms with Gasteiger partial charge in [-0.05, 0) is 31.1 Å². The molecule has 2 N–H and O–H groups in total. The third kappa shape index (κ3) is 2.91. The first-order chi connectivity index (χ1) is 7.24. The molecule has 1 aliphatic heterocycles. The van der Waals surface area contributed by atoms with Crippen LogP contribution in [-0.4, -0.2) is 24.0 Å². The first-order valence-corrected chi connectivity index (χ1v) is 5.24. The molecule has 0 atom stereocenters. The Morgan fingerprint density at radius 1 is 1.67 bits per heavy atom. The topological polar surface area (TPSA) is 54.0 Å². The summed E-state index contributed by atoms with van der Waals surface area (Å²) < 4.78 is 0. The van der Waals surface area contributed by atoms with E-state index in [1.54, 1.807) is 18.3 Å². The van der Waals surface area contributed by atoms with Gasteiger partial charge in [0.05, 0.1) is 0 Å². The van der Waals surface area contributed by atoms with Gasteiger partial charge in [-0.2, -0.15) is 0 Å². The molecule has 1 saturated heterocycles. The predicted octanol–water partition coefficient (Wildman–Crippen LogP) is 1.28. The van der Waals surface area contributed by atoms with Crippen molar-refractivity contribution < 1.29 is 4.79 Å². The zero-order valence-electron chi connectivity index (χ0n) is 8.16. The molecule has 4 nitrogen and oxygen atoms in total. The van der Waals surface area contributed by atoms with Crippen molar-refractivity contribution in [2.75, 3.05) is 18.4 Å². The summed E-state index contributed by atoms with van der Waals surface area (Å²) in [7, 11) is 0. The lowest BCUT2D eigenvalue weighted by Crippen LogP contribution is -2.43. The van der Waals surface area contributed by atoms with Gasteiger partial charge < -0.3 is 10.6 Å². The standard InChI is InChI=1S/C10H12ClN3O/c11-8-1-2-13-9(4-8)14-10(15)3-7-5-12-6-7/h1-2,4,7,12H,3,5-6H2,(H,13,14,15). The van der Waals surface area contributed by atoms with Crippen molar-refractivity contribution in [2.24, 2.45) is 5.92 Å². The smallest absolute Gasteiger partial charge is 0.225 e. The Balaban J connectivity index is 1.87. The van der Waals surface area contributed by atoms with Crippen LogP contribution in [0.15, 0.2) is 18.3 Å². The van der Waals surface area contributed by atoms with Gasteiger partial charge in [-0.15, -0.1) is 0 Å². The van der Waals surface area contributed by atoms with Crippen LogP contribution < -0.4 is 10.6 Å². The summed E-state index contributed by atoms with van der Waals surface area (Å²) in [5, 5.41) is 6.42. The van der Waals surface area contributed by atoms with Gasteiger partial charge in [0, 0.05) is 17.6 Å². The number of hydrogen-bond acceptors (Lipinski definition) is 3. The fourth-order valence-corrected chi connectivity index (χ4v) is 1.58. The van der Waals surface area contributed by atoms with Crippen molar-refractivity contribution in [1.29, 1.82) is 0 Å². The number of aromatic nitrogens is 1. The number of halogens is 1. The molecule has 80 valence electrons. The minimum absolute atomic E-state index is 0.00346. The molecular formula is C10H12ClN3O. The molecule has 0 saturated carbocycles. The van der Waals surface area contributed by atoms with Crippen LogP contribution in [0.4, 0.5) is 5.82 Å². The Morgan fingerprint density at radius 3 is 3.07 bits per heavy atom. The van der Waals surface area contributed by atoms with Crippen LogP contribution in [-0.2, 0) is 4.79 Å². The van der Waals surface area contributed by atoms with Gasteiger partial charge in [-0.1, -0.05) is 11.6 Å². The van der Waals surface area contributed by atoms with Crippen molar-refractivity contribution >= 4 is 23.3 Å². The average molecular weight is 226 g/mol. The van der Waals surface area contributed by atoms with Crippen LogP contribution in [0.5, 0.6) is 0 Å². The number of hydrogen-bond donors (Lipinski definition) is 2. The third-order valence-electron chi connectivity index (χ3n) is 2.33. The fourth-order valence-electron chi connectivity index (χ4n) is 1.42. The Labute approximate surface area is 93.0 Å². The molecule has 1 aromatic rings. The summed E-state index contributed by atoms with van der Waals surface area (Å²) in [5.74, 6) is 0.972. The molecule has 0 aromatic carbocycles. The van der Waals surface area contributed by atoms with Crippen LogP contribution in [0, 0.1) is 5.92 Å². The molecule has 0 spiro atoms. The maximum Gasteiger partial charge on any atom is 0.225 e. The first-order valence-electron chi connectivity index (χ1n) is 4.86. The number of pyridine rings is 1. The van der Waals surface area contributed by atoms with E-state index >= 15 is 0 Å². The van der Waals surface area contributed by atoms with Crippen LogP contribution in [0.1, 0.15) is 6.42 Å². The normalized spacial score (nSPS) is 15.8. The number of rotatable bonds is 3. The third-order valence-corrected chi connectivity index (χ3v) is 2.56. The van der Waals surface area contributed by atoms with Crippen molar-refractivity contribution in [3.05, 3.63) is 23.4 Å². The van der Waals surface area contributed by atoms with Gasteiger partial charge in [0.15, 0.2) is 0 Å². The second-order valence-electron chi connectivity index (χ2n) is 3.64. The molecule has 0 aliphatic carbocycles. The highest BCUT2D eigenvalue weighted by atomic mass is 35.5. The molecule has 1 amide bonds. The van der Waals surface area contributed by atoms with Gasteiger partial charge in [-0.25, -0.2) is 4.98 Å². The Bertz CT molecular complexity index is 365. The second kappa shape index (κ2) is 4.59. The van der Waals surface area contributed by atoms with Crippen molar-refractivity contribution in [3.63, 3.8) is 0 Å². The van der Waals surface area contributed by atoms with E-state index in [2.05, 4.69) is 15.6 Å². The predicted molar refractivity (Wildman–Crippen MR) is 58.9 cm³/mol. The highest BCUT2D eigenvalue weighted by Gasteiger charge is 2.20. The number of nitrogens with zero attached hydrogens (tertiary/aromatic N) is 1. The van der Waals surface area contributed by atoms with Crippen molar-refractivity contribution in [1.82, 2.24) is 10.3 Å². The van der Waals surface area contributed by atoms with E-state index in [0.717, 1.165) is 13.1 Å². The maximum atomic E-state index is 11.5. The quantitative estimate of drug-likeness (QED) is 0.815. The van der Waals surface area contributed by atoms with Crippen LogP contribution >= 0.6 is 11.6 Å². The van der Waals surface area contributed by atoms with Crippen LogP contribution in [0.3, 0.4) is 0 Å². The number of carbonyl (C=O) groups is 1. The first kappa shape index (κ1) is 10.4. The molecule has 15 heavy (non-hydrogen) atoms. The molecule has 1 aromatic heterocycles. The Kier molecular flexibility index (Phi) is 3.18. The second-order valence-corrected chi connectivity index (χ2v) is 4.07. The SMILES string of the molecule is O=C(CC1CNC1)Nc1cc(Cl)ccn1. The van der Waals surface area contributed by atoms with Gasteiger partial charge in [-0.3, -0.25) is 4.79 Å². The summed E-state index contributed by atoms with van der Waals surface area (Å²) in [6.45, 7) is 1.85. The minimum atomic E-state index is -0.00346. The zero-order valence-corrected chi connectivity index (χ0v) is 8.92. The highest BCUT2D eigenvalue weighted by Crippen LogP contribution is 2.13. The Morgan fingerprint density at radius 2 is 2.47 bits per heavy atom. The van der Waals surface area contributed by atoms with Gasteiger partial charge in [0.1, 0.15) is 5.82 Å².